The minimum Gasteiger partial charge on any atom is -0.480 e. The number of carboxylic acid groups (broad SMARTS) is 1. The van der Waals surface area contributed by atoms with Gasteiger partial charge in [-0.1, -0.05) is 6.92 Å². The smallest absolute Gasteiger partial charge is 0.322 e. The fourth-order valence-electron chi connectivity index (χ4n) is 2.28. The summed E-state index contributed by atoms with van der Waals surface area (Å²) in [7, 11) is -3.39. The fourth-order valence-corrected chi connectivity index (χ4v) is 4.25. The van der Waals surface area contributed by atoms with Crippen LogP contribution in [-0.2, 0) is 14.8 Å². The van der Waals surface area contributed by atoms with Crippen molar-refractivity contribution >= 4 is 16.0 Å². The molecule has 98 valence electrons. The quantitative estimate of drug-likeness (QED) is 0.803. The molecule has 0 aromatic carbocycles. The average molecular weight is 261 g/mol. The van der Waals surface area contributed by atoms with Gasteiger partial charge in [-0.05, 0) is 37.5 Å². The van der Waals surface area contributed by atoms with E-state index < -0.39 is 22.0 Å². The molecule has 6 heteroatoms. The Balaban J connectivity index is 2.01. The lowest BCUT2D eigenvalue weighted by molar-refractivity contribution is -0.140. The molecular weight excluding hydrogens is 242 g/mol. The van der Waals surface area contributed by atoms with E-state index >= 15 is 0 Å². The molecule has 1 unspecified atom stereocenters. The first-order valence-corrected chi connectivity index (χ1v) is 7.67. The third-order valence-electron chi connectivity index (χ3n) is 3.91. The van der Waals surface area contributed by atoms with E-state index in [0.29, 0.717) is 25.8 Å². The van der Waals surface area contributed by atoms with E-state index in [1.165, 1.54) is 4.31 Å². The van der Waals surface area contributed by atoms with Crippen molar-refractivity contribution in [2.75, 3.05) is 12.3 Å². The van der Waals surface area contributed by atoms with E-state index in [9.17, 15) is 13.2 Å². The molecule has 1 aliphatic heterocycles. The molecule has 17 heavy (non-hydrogen) atoms. The second-order valence-electron chi connectivity index (χ2n) is 5.48. The molecule has 1 saturated carbocycles. The maximum atomic E-state index is 12.1. The topological polar surface area (TPSA) is 74.7 Å². The zero-order valence-electron chi connectivity index (χ0n) is 10.1. The summed E-state index contributed by atoms with van der Waals surface area (Å²) in [5.41, 5.74) is 0.186. The molecule has 0 aromatic heterocycles. The van der Waals surface area contributed by atoms with Gasteiger partial charge in [-0.3, -0.25) is 4.79 Å². The number of rotatable bonds is 5. The molecule has 1 aliphatic carbocycles. The third-order valence-corrected chi connectivity index (χ3v) is 5.78. The summed E-state index contributed by atoms with van der Waals surface area (Å²) >= 11 is 0. The van der Waals surface area contributed by atoms with E-state index in [0.717, 1.165) is 12.8 Å². The molecule has 2 fully saturated rings. The summed E-state index contributed by atoms with van der Waals surface area (Å²) < 4.78 is 25.4. The van der Waals surface area contributed by atoms with Crippen LogP contribution in [0.2, 0.25) is 0 Å². The van der Waals surface area contributed by atoms with Crippen molar-refractivity contribution in [1.29, 1.82) is 0 Å². The van der Waals surface area contributed by atoms with Crippen LogP contribution in [0.3, 0.4) is 0 Å². The second-order valence-corrected chi connectivity index (χ2v) is 7.52. The molecule has 0 spiro atoms. The number of nitrogens with zero attached hydrogens (tertiary/aromatic N) is 1. The highest BCUT2D eigenvalue weighted by Crippen LogP contribution is 2.48. The lowest BCUT2D eigenvalue weighted by Crippen LogP contribution is -2.41. The fraction of sp³-hybridized carbons (Fsp3) is 0.909. The van der Waals surface area contributed by atoms with Crippen molar-refractivity contribution in [3.8, 4) is 0 Å². The van der Waals surface area contributed by atoms with Crippen LogP contribution < -0.4 is 0 Å². The van der Waals surface area contributed by atoms with Gasteiger partial charge in [0.1, 0.15) is 6.04 Å². The lowest BCUT2D eigenvalue weighted by atomic mass is 10.1. The summed E-state index contributed by atoms with van der Waals surface area (Å²) in [6, 6.07) is -0.841. The minimum absolute atomic E-state index is 0.0906. The van der Waals surface area contributed by atoms with Crippen LogP contribution in [0, 0.1) is 5.41 Å². The average Bonchev–Trinajstić information content (AvgIpc) is 2.81. The zero-order chi connectivity index (χ0) is 12.7. The monoisotopic (exact) mass is 261 g/mol. The maximum absolute atomic E-state index is 12.1. The highest BCUT2D eigenvalue weighted by atomic mass is 32.2. The van der Waals surface area contributed by atoms with Crippen molar-refractivity contribution in [3.05, 3.63) is 0 Å². The van der Waals surface area contributed by atoms with Crippen LogP contribution in [0.4, 0.5) is 0 Å². The van der Waals surface area contributed by atoms with E-state index in [2.05, 4.69) is 6.92 Å². The van der Waals surface area contributed by atoms with E-state index in [1.54, 1.807) is 0 Å². The summed E-state index contributed by atoms with van der Waals surface area (Å²) in [5, 5.41) is 8.98. The predicted molar refractivity (Wildman–Crippen MR) is 63.1 cm³/mol. The summed E-state index contributed by atoms with van der Waals surface area (Å²) in [6.45, 7) is 2.44. The standard InChI is InChI=1S/C11H19NO4S/c1-11(4-5-11)6-8-17(15,16)12-7-2-3-9(12)10(13)14/h9H,2-8H2,1H3,(H,13,14). The van der Waals surface area contributed by atoms with Gasteiger partial charge in [-0.2, -0.15) is 4.31 Å². The molecule has 1 heterocycles. The molecule has 2 aliphatic rings. The van der Waals surface area contributed by atoms with Crippen molar-refractivity contribution in [2.24, 2.45) is 5.41 Å². The molecule has 0 amide bonds. The predicted octanol–water partition coefficient (Wildman–Crippen LogP) is 1.06. The van der Waals surface area contributed by atoms with Gasteiger partial charge in [-0.25, -0.2) is 8.42 Å². The number of sulfonamides is 1. The Morgan fingerprint density at radius 2 is 2.12 bits per heavy atom. The molecule has 5 nitrogen and oxygen atoms in total. The van der Waals surface area contributed by atoms with E-state index in [1.807, 2.05) is 0 Å². The molecule has 1 atom stereocenters. The van der Waals surface area contributed by atoms with Gasteiger partial charge in [0, 0.05) is 6.54 Å². The first-order valence-electron chi connectivity index (χ1n) is 6.06. The van der Waals surface area contributed by atoms with Crippen LogP contribution >= 0.6 is 0 Å². The van der Waals surface area contributed by atoms with Crippen LogP contribution in [0.5, 0.6) is 0 Å². The summed E-state index contributed by atoms with van der Waals surface area (Å²) in [6.07, 6.45) is 3.91. The van der Waals surface area contributed by atoms with Gasteiger partial charge < -0.3 is 5.11 Å². The van der Waals surface area contributed by atoms with Gasteiger partial charge >= 0.3 is 5.97 Å². The van der Waals surface area contributed by atoms with Gasteiger partial charge in [-0.15, -0.1) is 0 Å². The number of aliphatic carboxylic acids is 1. The third kappa shape index (κ3) is 2.80. The van der Waals surface area contributed by atoms with E-state index in [4.69, 9.17) is 5.11 Å². The van der Waals surface area contributed by atoms with Gasteiger partial charge in [0.15, 0.2) is 0 Å². The molecule has 2 rings (SSSR count). The number of carboxylic acids is 1. The zero-order valence-corrected chi connectivity index (χ0v) is 10.9. The molecule has 1 saturated heterocycles. The first kappa shape index (κ1) is 12.8. The van der Waals surface area contributed by atoms with Crippen LogP contribution in [0.1, 0.15) is 39.0 Å². The number of hydrogen-bond donors (Lipinski definition) is 1. The molecule has 0 radical (unpaired) electrons. The number of hydrogen-bond acceptors (Lipinski definition) is 3. The Kier molecular flexibility index (Phi) is 3.20. The van der Waals surface area contributed by atoms with E-state index in [-0.39, 0.29) is 11.2 Å². The summed E-state index contributed by atoms with van der Waals surface area (Å²) in [5.74, 6) is -0.934. The van der Waals surface area contributed by atoms with Crippen molar-refractivity contribution in [2.45, 2.75) is 45.1 Å². The molecule has 0 aromatic rings. The lowest BCUT2D eigenvalue weighted by Gasteiger charge is -2.21. The van der Waals surface area contributed by atoms with Gasteiger partial charge in [0.2, 0.25) is 10.0 Å². The SMILES string of the molecule is CC1(CCS(=O)(=O)N2CCCC2C(=O)O)CC1. The summed E-state index contributed by atoms with van der Waals surface area (Å²) in [4.78, 5) is 11.0. The highest BCUT2D eigenvalue weighted by molar-refractivity contribution is 7.89. The maximum Gasteiger partial charge on any atom is 0.322 e. The van der Waals surface area contributed by atoms with Gasteiger partial charge in [0.25, 0.3) is 0 Å². The second kappa shape index (κ2) is 4.24. The van der Waals surface area contributed by atoms with Crippen LogP contribution in [-0.4, -0.2) is 42.1 Å². The van der Waals surface area contributed by atoms with Crippen molar-refractivity contribution in [3.63, 3.8) is 0 Å². The van der Waals surface area contributed by atoms with Crippen molar-refractivity contribution < 1.29 is 18.3 Å². The Bertz CT molecular complexity index is 413. The largest absolute Gasteiger partial charge is 0.480 e. The van der Waals surface area contributed by atoms with Crippen molar-refractivity contribution in [1.82, 2.24) is 4.31 Å². The Hall–Kier alpha value is -0.620. The highest BCUT2D eigenvalue weighted by Gasteiger charge is 2.42. The normalized spacial score (nSPS) is 28.2. The minimum atomic E-state index is -3.39. The Morgan fingerprint density at radius 3 is 2.65 bits per heavy atom. The van der Waals surface area contributed by atoms with Gasteiger partial charge in [0.05, 0.1) is 5.75 Å². The molecule has 1 N–H and O–H groups in total. The Labute approximate surface area is 102 Å². The first-order chi connectivity index (χ1) is 7.84. The Morgan fingerprint density at radius 1 is 1.47 bits per heavy atom. The van der Waals surface area contributed by atoms with Crippen LogP contribution in [0.15, 0.2) is 0 Å². The number of carbonyl (C=O) groups is 1. The van der Waals surface area contributed by atoms with Crippen LogP contribution in [0.25, 0.3) is 0 Å². The molecular formula is C11H19NO4S. The molecule has 0 bridgehead atoms.